The number of carbonyl (C=O) groups excluding carboxylic acids is 1. The monoisotopic (exact) mass is 592 g/mol. The van der Waals surface area contributed by atoms with Crippen molar-refractivity contribution in [1.82, 2.24) is 0 Å². The van der Waals surface area contributed by atoms with Crippen molar-refractivity contribution in [3.05, 3.63) is 96.1 Å². The Bertz CT molecular complexity index is 1560. The molecule has 1 saturated carbocycles. The van der Waals surface area contributed by atoms with Gasteiger partial charge >= 0.3 is 5.97 Å². The summed E-state index contributed by atoms with van der Waals surface area (Å²) in [6.07, 6.45) is 11.6. The van der Waals surface area contributed by atoms with Gasteiger partial charge in [-0.25, -0.2) is 4.79 Å². The SMILES string of the molecule is C=C(CO)C(=O)OCCC(COC)c1ccc2cc(-c3ccc4cc(CCC5CCC(CCC)CC5)ccc4c3)ccc2c1. The molecule has 1 N–H and O–H groups in total. The molecule has 0 radical (unpaired) electrons. The molecule has 0 amide bonds. The molecule has 4 heteroatoms. The number of rotatable bonds is 14. The summed E-state index contributed by atoms with van der Waals surface area (Å²) in [5.74, 6) is 1.41. The Morgan fingerprint density at radius 2 is 1.43 bits per heavy atom. The van der Waals surface area contributed by atoms with Crippen LogP contribution in [-0.4, -0.2) is 38.0 Å². The third-order valence-electron chi connectivity index (χ3n) is 9.63. The van der Waals surface area contributed by atoms with Gasteiger partial charge in [0, 0.05) is 13.0 Å². The molecule has 4 aromatic carbocycles. The van der Waals surface area contributed by atoms with E-state index in [1.165, 1.54) is 89.6 Å². The van der Waals surface area contributed by atoms with Crippen LogP contribution in [0.1, 0.15) is 75.3 Å². The van der Waals surface area contributed by atoms with Gasteiger partial charge in [0.2, 0.25) is 0 Å². The molecule has 0 aromatic heterocycles. The zero-order valence-electron chi connectivity index (χ0n) is 26.5. The molecule has 1 aliphatic rings. The van der Waals surface area contributed by atoms with Gasteiger partial charge in [-0.3, -0.25) is 0 Å². The molecule has 4 aromatic rings. The Balaban J connectivity index is 1.23. The Hall–Kier alpha value is -3.47. The zero-order valence-corrected chi connectivity index (χ0v) is 26.5. The number of benzene rings is 4. The van der Waals surface area contributed by atoms with E-state index in [-0.39, 0.29) is 18.1 Å². The zero-order chi connectivity index (χ0) is 30.9. The lowest BCUT2D eigenvalue weighted by Crippen LogP contribution is -2.15. The van der Waals surface area contributed by atoms with Crippen LogP contribution in [0.15, 0.2) is 84.9 Å². The van der Waals surface area contributed by atoms with Crippen LogP contribution in [0.25, 0.3) is 32.7 Å². The molecule has 1 fully saturated rings. The van der Waals surface area contributed by atoms with E-state index in [2.05, 4.69) is 86.3 Å². The number of esters is 1. The van der Waals surface area contributed by atoms with Gasteiger partial charge in [0.15, 0.2) is 0 Å². The molecule has 1 atom stereocenters. The molecule has 0 saturated heterocycles. The highest BCUT2D eigenvalue weighted by Gasteiger charge is 2.20. The van der Waals surface area contributed by atoms with Gasteiger partial charge in [-0.15, -0.1) is 0 Å². The Labute approximate surface area is 263 Å². The second kappa shape index (κ2) is 15.5. The summed E-state index contributed by atoms with van der Waals surface area (Å²) in [5.41, 5.74) is 5.11. The van der Waals surface area contributed by atoms with Crippen LogP contribution in [0.2, 0.25) is 0 Å². The lowest BCUT2D eigenvalue weighted by atomic mass is 9.78. The fourth-order valence-electron chi connectivity index (χ4n) is 6.92. The third-order valence-corrected chi connectivity index (χ3v) is 9.63. The normalized spacial score (nSPS) is 17.5. The van der Waals surface area contributed by atoms with Crippen LogP contribution in [-0.2, 0) is 20.7 Å². The highest BCUT2D eigenvalue weighted by Crippen LogP contribution is 2.35. The first-order valence-corrected chi connectivity index (χ1v) is 16.5. The smallest absolute Gasteiger partial charge is 0.335 e. The van der Waals surface area contributed by atoms with Crippen molar-refractivity contribution in [2.45, 2.75) is 70.6 Å². The minimum absolute atomic E-state index is 0.0659. The van der Waals surface area contributed by atoms with Crippen molar-refractivity contribution >= 4 is 27.5 Å². The fourth-order valence-corrected chi connectivity index (χ4v) is 6.92. The van der Waals surface area contributed by atoms with Gasteiger partial charge in [0.25, 0.3) is 0 Å². The van der Waals surface area contributed by atoms with E-state index < -0.39 is 12.6 Å². The highest BCUT2D eigenvalue weighted by atomic mass is 16.5. The predicted molar refractivity (Wildman–Crippen MR) is 182 cm³/mol. The lowest BCUT2D eigenvalue weighted by molar-refractivity contribution is -0.139. The average molecular weight is 593 g/mol. The largest absolute Gasteiger partial charge is 0.462 e. The van der Waals surface area contributed by atoms with Crippen molar-refractivity contribution in [2.24, 2.45) is 11.8 Å². The number of aliphatic hydroxyl groups is 1. The minimum atomic E-state index is -0.557. The highest BCUT2D eigenvalue weighted by molar-refractivity contribution is 5.92. The predicted octanol–water partition coefficient (Wildman–Crippen LogP) is 9.41. The number of ether oxygens (including phenoxy) is 2. The summed E-state index contributed by atoms with van der Waals surface area (Å²) in [5, 5.41) is 14.0. The van der Waals surface area contributed by atoms with Crippen molar-refractivity contribution in [3.8, 4) is 11.1 Å². The first-order valence-electron chi connectivity index (χ1n) is 16.5. The molecule has 0 spiro atoms. The van der Waals surface area contributed by atoms with Crippen molar-refractivity contribution in [3.63, 3.8) is 0 Å². The maximum atomic E-state index is 11.9. The molecular formula is C40H48O4. The van der Waals surface area contributed by atoms with Crippen LogP contribution < -0.4 is 0 Å². The van der Waals surface area contributed by atoms with Gasteiger partial charge in [-0.1, -0.05) is 113 Å². The number of hydrogen-bond donors (Lipinski definition) is 1. The van der Waals surface area contributed by atoms with E-state index in [1.54, 1.807) is 7.11 Å². The fraction of sp³-hybridized carbons (Fsp3) is 0.425. The topological polar surface area (TPSA) is 55.8 Å². The maximum Gasteiger partial charge on any atom is 0.335 e. The summed E-state index contributed by atoms with van der Waals surface area (Å²) < 4.78 is 10.7. The van der Waals surface area contributed by atoms with Gasteiger partial charge in [-0.05, 0) is 87.0 Å². The van der Waals surface area contributed by atoms with Gasteiger partial charge in [-0.2, -0.15) is 0 Å². The number of fused-ring (bicyclic) bond motifs is 2. The molecule has 5 rings (SSSR count). The molecule has 1 aliphatic carbocycles. The van der Waals surface area contributed by atoms with Crippen LogP contribution in [0.5, 0.6) is 0 Å². The lowest BCUT2D eigenvalue weighted by Gasteiger charge is -2.28. The Morgan fingerprint density at radius 3 is 2.07 bits per heavy atom. The van der Waals surface area contributed by atoms with Crippen molar-refractivity contribution in [2.75, 3.05) is 26.9 Å². The van der Waals surface area contributed by atoms with E-state index in [9.17, 15) is 4.79 Å². The molecule has 0 bridgehead atoms. The van der Waals surface area contributed by atoms with E-state index in [0.29, 0.717) is 13.0 Å². The molecule has 44 heavy (non-hydrogen) atoms. The second-order valence-electron chi connectivity index (χ2n) is 12.8. The minimum Gasteiger partial charge on any atom is -0.462 e. The second-order valence-corrected chi connectivity index (χ2v) is 12.8. The summed E-state index contributed by atoms with van der Waals surface area (Å²) in [6, 6.07) is 27.0. The third kappa shape index (κ3) is 8.16. The van der Waals surface area contributed by atoms with Crippen LogP contribution >= 0.6 is 0 Å². The van der Waals surface area contributed by atoms with E-state index >= 15 is 0 Å². The van der Waals surface area contributed by atoms with Crippen LogP contribution in [0.3, 0.4) is 0 Å². The standard InChI is InChI=1S/C40H48O4/c1-4-5-29-6-8-30(9-7-29)10-11-31-12-13-33-23-34(15-14-32(33)22-31)35-16-17-37-25-38(19-18-36(37)24-35)39(27-43-3)20-21-44-40(42)28(2)26-41/h12-19,22-25,29-30,39,41H,2,4-11,20-21,26-27H2,1,3H3. The molecule has 4 nitrogen and oxygen atoms in total. The number of aryl methyl sites for hydroxylation is 1. The van der Waals surface area contributed by atoms with Gasteiger partial charge < -0.3 is 14.6 Å². The Morgan fingerprint density at radius 1 is 0.841 bits per heavy atom. The molecule has 0 heterocycles. The van der Waals surface area contributed by atoms with E-state index in [0.717, 1.165) is 17.4 Å². The summed E-state index contributed by atoms with van der Waals surface area (Å²) in [4.78, 5) is 11.9. The summed E-state index contributed by atoms with van der Waals surface area (Å²) in [6.45, 7) is 6.22. The Kier molecular flexibility index (Phi) is 11.3. The van der Waals surface area contributed by atoms with Gasteiger partial charge in [0.1, 0.15) is 0 Å². The molecular weight excluding hydrogens is 544 g/mol. The number of methoxy groups -OCH3 is 1. The first kappa shape index (κ1) is 31.9. The summed E-state index contributed by atoms with van der Waals surface area (Å²) in [7, 11) is 1.68. The number of aliphatic hydroxyl groups excluding tert-OH is 1. The maximum absolute atomic E-state index is 11.9. The van der Waals surface area contributed by atoms with Crippen molar-refractivity contribution < 1.29 is 19.4 Å². The number of carbonyl (C=O) groups is 1. The molecule has 1 unspecified atom stereocenters. The van der Waals surface area contributed by atoms with Crippen molar-refractivity contribution in [1.29, 1.82) is 0 Å². The molecule has 232 valence electrons. The van der Waals surface area contributed by atoms with Crippen LogP contribution in [0.4, 0.5) is 0 Å². The van der Waals surface area contributed by atoms with E-state index in [4.69, 9.17) is 14.6 Å². The number of hydrogen-bond acceptors (Lipinski definition) is 4. The quantitative estimate of drug-likeness (QED) is 0.117. The van der Waals surface area contributed by atoms with E-state index in [1.807, 2.05) is 0 Å². The molecule has 0 aliphatic heterocycles. The van der Waals surface area contributed by atoms with Crippen LogP contribution in [0, 0.1) is 11.8 Å². The first-order chi connectivity index (χ1) is 21.5. The summed E-state index contributed by atoms with van der Waals surface area (Å²) >= 11 is 0. The van der Waals surface area contributed by atoms with Gasteiger partial charge in [0.05, 0.1) is 25.4 Å². The average Bonchev–Trinajstić information content (AvgIpc) is 3.06.